The van der Waals surface area contributed by atoms with Crippen LogP contribution in [0.2, 0.25) is 0 Å². The number of unbranched alkanes of at least 4 members (excludes halogenated alkanes) is 10. The third kappa shape index (κ3) is 10.1. The summed E-state index contributed by atoms with van der Waals surface area (Å²) in [6.45, 7) is 14.2. The molecule has 1 aromatic carbocycles. The van der Waals surface area contributed by atoms with Crippen LogP contribution in [-0.4, -0.2) is 13.2 Å². The lowest BCUT2D eigenvalue weighted by atomic mass is 10.1. The summed E-state index contributed by atoms with van der Waals surface area (Å²) in [6.07, 6.45) is 15.2. The van der Waals surface area contributed by atoms with Crippen LogP contribution in [0.1, 0.15) is 102 Å². The standard InChI is InChI=1S/C24H40O2/c1-5-7-9-11-13-15-17-25-23-19-22(4)24(20-21(23)3)26-18-16-14-12-10-8-6-2/h19-20H,3-18H2,1-2H3. The molecule has 0 aliphatic carbocycles. The Hall–Kier alpha value is -1.18. The fourth-order valence-electron chi connectivity index (χ4n) is 3.04. The molecule has 0 fully saturated rings. The van der Waals surface area contributed by atoms with Crippen LogP contribution in [0.5, 0.6) is 11.5 Å². The Morgan fingerprint density at radius 3 is 1.31 bits per heavy atom. The molecule has 0 spiro atoms. The lowest BCUT2D eigenvalue weighted by molar-refractivity contribution is 0.294. The molecule has 0 N–H and O–H groups in total. The molecule has 0 heterocycles. The molecule has 0 unspecified atom stereocenters. The van der Waals surface area contributed by atoms with Crippen LogP contribution < -0.4 is 9.47 Å². The highest BCUT2D eigenvalue weighted by Crippen LogP contribution is 2.28. The molecule has 0 aliphatic heterocycles. The summed E-state index contributed by atoms with van der Waals surface area (Å²) in [7, 11) is 0. The van der Waals surface area contributed by atoms with Crippen molar-refractivity contribution in [1.29, 1.82) is 0 Å². The fourth-order valence-corrected chi connectivity index (χ4v) is 3.04. The van der Waals surface area contributed by atoms with E-state index in [0.717, 1.165) is 48.7 Å². The Labute approximate surface area is 162 Å². The molecule has 1 rings (SSSR count). The number of hydrogen-bond acceptors (Lipinski definition) is 2. The number of benzene rings is 1. The molecule has 2 radical (unpaired) electrons. The summed E-state index contributed by atoms with van der Waals surface area (Å²) in [6, 6.07) is 3.94. The van der Waals surface area contributed by atoms with E-state index in [1.54, 1.807) is 0 Å². The summed E-state index contributed by atoms with van der Waals surface area (Å²) in [5.74, 6) is 1.69. The second-order valence-corrected chi connectivity index (χ2v) is 7.30. The van der Waals surface area contributed by atoms with Crippen LogP contribution in [0, 0.1) is 13.8 Å². The van der Waals surface area contributed by atoms with Gasteiger partial charge in [0.1, 0.15) is 11.5 Å². The molecule has 0 amide bonds. The summed E-state index contributed by atoms with van der Waals surface area (Å²) in [5, 5.41) is 0. The molecule has 26 heavy (non-hydrogen) atoms. The average Bonchev–Trinajstić information content (AvgIpc) is 2.63. The zero-order valence-corrected chi connectivity index (χ0v) is 17.3. The van der Waals surface area contributed by atoms with Crippen molar-refractivity contribution in [2.75, 3.05) is 13.2 Å². The molecular weight excluding hydrogens is 320 g/mol. The molecule has 0 aliphatic rings. The summed E-state index contributed by atoms with van der Waals surface area (Å²) in [5.41, 5.74) is 1.78. The van der Waals surface area contributed by atoms with Gasteiger partial charge in [0.25, 0.3) is 0 Å². The van der Waals surface area contributed by atoms with Gasteiger partial charge in [-0.15, -0.1) is 0 Å². The Bertz CT molecular complexity index is 424. The van der Waals surface area contributed by atoms with E-state index in [1.807, 2.05) is 12.1 Å². The van der Waals surface area contributed by atoms with Crippen LogP contribution in [0.3, 0.4) is 0 Å². The van der Waals surface area contributed by atoms with E-state index < -0.39 is 0 Å². The van der Waals surface area contributed by atoms with E-state index in [-0.39, 0.29) is 0 Å². The highest BCUT2D eigenvalue weighted by molar-refractivity contribution is 5.49. The lowest BCUT2D eigenvalue weighted by Crippen LogP contribution is -2.02. The minimum atomic E-state index is 0.756. The van der Waals surface area contributed by atoms with Crippen molar-refractivity contribution in [3.05, 3.63) is 37.1 Å². The average molecular weight is 361 g/mol. The topological polar surface area (TPSA) is 18.5 Å². The Kier molecular flexibility index (Phi) is 13.1. The molecule has 0 saturated carbocycles. The van der Waals surface area contributed by atoms with Gasteiger partial charge in [-0.05, 0) is 49.9 Å². The smallest absolute Gasteiger partial charge is 0.123 e. The van der Waals surface area contributed by atoms with Gasteiger partial charge in [-0.2, -0.15) is 0 Å². The second-order valence-electron chi connectivity index (χ2n) is 7.30. The Morgan fingerprint density at radius 2 is 0.923 bits per heavy atom. The van der Waals surface area contributed by atoms with Crippen LogP contribution in [0.4, 0.5) is 0 Å². The van der Waals surface area contributed by atoms with Gasteiger partial charge in [-0.25, -0.2) is 0 Å². The zero-order chi connectivity index (χ0) is 19.0. The van der Waals surface area contributed by atoms with Gasteiger partial charge in [0, 0.05) is 0 Å². The van der Waals surface area contributed by atoms with Crippen molar-refractivity contribution in [3.63, 3.8) is 0 Å². The molecule has 148 valence electrons. The van der Waals surface area contributed by atoms with Gasteiger partial charge in [0.2, 0.25) is 0 Å². The maximum atomic E-state index is 5.90. The predicted molar refractivity (Wildman–Crippen MR) is 113 cm³/mol. The molecule has 2 nitrogen and oxygen atoms in total. The highest BCUT2D eigenvalue weighted by atomic mass is 16.5. The van der Waals surface area contributed by atoms with Crippen LogP contribution >= 0.6 is 0 Å². The van der Waals surface area contributed by atoms with E-state index >= 15 is 0 Å². The van der Waals surface area contributed by atoms with E-state index in [2.05, 4.69) is 27.7 Å². The van der Waals surface area contributed by atoms with Crippen molar-refractivity contribution >= 4 is 0 Å². The molecule has 0 aromatic heterocycles. The van der Waals surface area contributed by atoms with Crippen LogP contribution in [0.25, 0.3) is 0 Å². The minimum absolute atomic E-state index is 0.756. The molecule has 0 saturated heterocycles. The van der Waals surface area contributed by atoms with E-state index in [0.29, 0.717) is 0 Å². The van der Waals surface area contributed by atoms with Gasteiger partial charge >= 0.3 is 0 Å². The van der Waals surface area contributed by atoms with E-state index in [4.69, 9.17) is 9.47 Å². The second kappa shape index (κ2) is 14.9. The first-order valence-electron chi connectivity index (χ1n) is 10.8. The summed E-state index contributed by atoms with van der Waals surface area (Å²) >= 11 is 0. The number of ether oxygens (including phenoxy) is 2. The van der Waals surface area contributed by atoms with Crippen molar-refractivity contribution in [3.8, 4) is 11.5 Å². The van der Waals surface area contributed by atoms with Gasteiger partial charge in [0.05, 0.1) is 13.2 Å². The monoisotopic (exact) mass is 360 g/mol. The highest BCUT2D eigenvalue weighted by Gasteiger charge is 2.07. The number of rotatable bonds is 16. The van der Waals surface area contributed by atoms with E-state index in [1.165, 1.54) is 64.2 Å². The fraction of sp³-hybridized carbons (Fsp3) is 0.667. The van der Waals surface area contributed by atoms with E-state index in [9.17, 15) is 0 Å². The lowest BCUT2D eigenvalue weighted by Gasteiger charge is -2.14. The van der Waals surface area contributed by atoms with Crippen LogP contribution in [-0.2, 0) is 0 Å². The van der Waals surface area contributed by atoms with Crippen molar-refractivity contribution < 1.29 is 9.47 Å². The zero-order valence-electron chi connectivity index (χ0n) is 17.3. The first-order chi connectivity index (χ1) is 12.7. The van der Waals surface area contributed by atoms with Crippen molar-refractivity contribution in [2.45, 2.75) is 90.9 Å². The van der Waals surface area contributed by atoms with Crippen molar-refractivity contribution in [1.82, 2.24) is 0 Å². The van der Waals surface area contributed by atoms with Gasteiger partial charge in [0.15, 0.2) is 0 Å². The maximum absolute atomic E-state index is 5.90. The van der Waals surface area contributed by atoms with Gasteiger partial charge < -0.3 is 9.47 Å². The Morgan fingerprint density at radius 1 is 0.577 bits per heavy atom. The largest absolute Gasteiger partial charge is 0.493 e. The molecule has 0 atom stereocenters. The van der Waals surface area contributed by atoms with Crippen molar-refractivity contribution in [2.24, 2.45) is 0 Å². The third-order valence-corrected chi connectivity index (χ3v) is 4.75. The third-order valence-electron chi connectivity index (χ3n) is 4.75. The predicted octanol–water partition coefficient (Wildman–Crippen LogP) is 7.53. The molecule has 0 bridgehead atoms. The van der Waals surface area contributed by atoms with Crippen LogP contribution in [0.15, 0.2) is 12.1 Å². The quantitative estimate of drug-likeness (QED) is 0.284. The molecule has 1 aromatic rings. The normalized spacial score (nSPS) is 10.9. The SMILES string of the molecule is [CH2]c1cc(OCCCCCCCC)c([CH2])cc1OCCCCCCCC. The molecule has 2 heteroatoms. The van der Waals surface area contributed by atoms with Gasteiger partial charge in [-0.1, -0.05) is 78.1 Å². The first-order valence-corrected chi connectivity index (χ1v) is 10.8. The molecular formula is C24H40O2. The maximum Gasteiger partial charge on any atom is 0.123 e. The Balaban J connectivity index is 2.26. The first kappa shape index (κ1) is 22.9. The summed E-state index contributed by atoms with van der Waals surface area (Å²) < 4.78 is 11.8. The number of hydrogen-bond donors (Lipinski definition) is 0. The summed E-state index contributed by atoms with van der Waals surface area (Å²) in [4.78, 5) is 0. The van der Waals surface area contributed by atoms with Gasteiger partial charge in [-0.3, -0.25) is 0 Å². The minimum Gasteiger partial charge on any atom is -0.493 e.